The molecule has 0 aromatic heterocycles. The molecule has 0 rings (SSSR count). The van der Waals surface area contributed by atoms with Crippen LogP contribution in [0, 0.1) is 5.92 Å². The van der Waals surface area contributed by atoms with E-state index in [-0.39, 0.29) is 0 Å². The van der Waals surface area contributed by atoms with Crippen LogP contribution in [0.25, 0.3) is 0 Å². The molecule has 0 aliphatic carbocycles. The van der Waals surface area contributed by atoms with Gasteiger partial charge in [0.1, 0.15) is 0 Å². The van der Waals surface area contributed by atoms with Gasteiger partial charge in [0.2, 0.25) is 0 Å². The molecule has 0 saturated carbocycles. The maximum Gasteiger partial charge on any atom is 0.00389 e. The molecule has 12 heavy (non-hydrogen) atoms. The third-order valence-corrected chi connectivity index (χ3v) is 2.14. The molecule has 0 unspecified atom stereocenters. The van der Waals surface area contributed by atoms with E-state index < -0.39 is 0 Å². The first kappa shape index (κ1) is 11.9. The minimum absolute atomic E-state index is 0.402. The van der Waals surface area contributed by atoms with Gasteiger partial charge in [-0.25, -0.2) is 0 Å². The maximum atomic E-state index is 5.92. The Morgan fingerprint density at radius 2 is 1.67 bits per heavy atom. The van der Waals surface area contributed by atoms with Gasteiger partial charge in [-0.3, -0.25) is 0 Å². The smallest absolute Gasteiger partial charge is 0.00389 e. The summed E-state index contributed by atoms with van der Waals surface area (Å²) in [6.45, 7) is 5.29. The summed E-state index contributed by atoms with van der Waals surface area (Å²) in [5, 5.41) is 0. The molecule has 0 heterocycles. The number of unbranched alkanes of at least 4 members (excludes halogenated alkanes) is 1. The highest BCUT2D eigenvalue weighted by molar-refractivity contribution is 4.62. The third kappa shape index (κ3) is 8.02. The second kappa shape index (κ2) is 7.56. The summed E-state index contributed by atoms with van der Waals surface area (Å²) < 4.78 is 0. The molecule has 0 aromatic carbocycles. The molecule has 2 heteroatoms. The predicted octanol–water partition coefficient (Wildman–Crippen LogP) is 1.88. The lowest BCUT2D eigenvalue weighted by molar-refractivity contribution is 0.466. The molecular formula is C10H24N2. The summed E-state index contributed by atoms with van der Waals surface area (Å²) in [5.41, 5.74) is 11.3. The monoisotopic (exact) mass is 172 g/mol. The minimum Gasteiger partial charge on any atom is -0.330 e. The Kier molecular flexibility index (Phi) is 7.51. The van der Waals surface area contributed by atoms with Crippen LogP contribution in [0.3, 0.4) is 0 Å². The molecule has 1 atom stereocenters. The van der Waals surface area contributed by atoms with Crippen LogP contribution in [0.1, 0.15) is 46.0 Å². The second-order valence-electron chi connectivity index (χ2n) is 4.02. The van der Waals surface area contributed by atoms with Crippen LogP contribution in [0.5, 0.6) is 0 Å². The van der Waals surface area contributed by atoms with Crippen LogP contribution in [-0.2, 0) is 0 Å². The van der Waals surface area contributed by atoms with Crippen molar-refractivity contribution in [3.05, 3.63) is 0 Å². The highest BCUT2D eigenvalue weighted by atomic mass is 14.6. The van der Waals surface area contributed by atoms with Crippen molar-refractivity contribution in [2.75, 3.05) is 6.54 Å². The first-order valence-electron chi connectivity index (χ1n) is 5.12. The fraction of sp³-hybridized carbons (Fsp3) is 1.00. The Bertz CT molecular complexity index is 91.8. The molecule has 74 valence electrons. The molecule has 0 amide bonds. The standard InChI is InChI=1S/C10H24N2/c1-9(2)6-7-10(12)5-3-4-8-11/h9-10H,3-8,11-12H2,1-2H3/t10-/m0/s1. The van der Waals surface area contributed by atoms with E-state index in [9.17, 15) is 0 Å². The number of hydrogen-bond acceptors (Lipinski definition) is 2. The number of nitrogens with two attached hydrogens (primary N) is 2. The summed E-state index contributed by atoms with van der Waals surface area (Å²) in [6.07, 6.45) is 5.88. The molecular weight excluding hydrogens is 148 g/mol. The number of rotatable bonds is 7. The topological polar surface area (TPSA) is 52.0 Å². The lowest BCUT2D eigenvalue weighted by Gasteiger charge is -2.12. The third-order valence-electron chi connectivity index (χ3n) is 2.14. The summed E-state index contributed by atoms with van der Waals surface area (Å²) >= 11 is 0. The minimum atomic E-state index is 0.402. The van der Waals surface area contributed by atoms with E-state index >= 15 is 0 Å². The van der Waals surface area contributed by atoms with Crippen LogP contribution in [0.4, 0.5) is 0 Å². The van der Waals surface area contributed by atoms with Gasteiger partial charge >= 0.3 is 0 Å². The van der Waals surface area contributed by atoms with Gasteiger partial charge in [-0.2, -0.15) is 0 Å². The van der Waals surface area contributed by atoms with Gasteiger partial charge in [0.15, 0.2) is 0 Å². The van der Waals surface area contributed by atoms with Crippen molar-refractivity contribution in [1.29, 1.82) is 0 Å². The van der Waals surface area contributed by atoms with Crippen molar-refractivity contribution < 1.29 is 0 Å². The van der Waals surface area contributed by atoms with Crippen molar-refractivity contribution in [2.24, 2.45) is 17.4 Å². The van der Waals surface area contributed by atoms with E-state index in [1.54, 1.807) is 0 Å². The van der Waals surface area contributed by atoms with Gasteiger partial charge in [-0.05, 0) is 38.1 Å². The van der Waals surface area contributed by atoms with Crippen LogP contribution in [0.2, 0.25) is 0 Å². The van der Waals surface area contributed by atoms with Gasteiger partial charge < -0.3 is 11.5 Å². The number of hydrogen-bond donors (Lipinski definition) is 2. The van der Waals surface area contributed by atoms with Crippen molar-refractivity contribution in [1.82, 2.24) is 0 Å². The van der Waals surface area contributed by atoms with Crippen LogP contribution in [-0.4, -0.2) is 12.6 Å². The van der Waals surface area contributed by atoms with E-state index in [1.165, 1.54) is 19.3 Å². The van der Waals surface area contributed by atoms with Crippen molar-refractivity contribution in [3.8, 4) is 0 Å². The Labute approximate surface area is 76.7 Å². The normalized spacial score (nSPS) is 13.8. The highest BCUT2D eigenvalue weighted by Gasteiger charge is 2.03. The first-order chi connectivity index (χ1) is 5.66. The van der Waals surface area contributed by atoms with Crippen LogP contribution in [0.15, 0.2) is 0 Å². The first-order valence-corrected chi connectivity index (χ1v) is 5.12. The molecule has 0 radical (unpaired) electrons. The van der Waals surface area contributed by atoms with E-state index in [1.807, 2.05) is 0 Å². The van der Waals surface area contributed by atoms with E-state index in [0.29, 0.717) is 6.04 Å². The Morgan fingerprint density at radius 1 is 1.00 bits per heavy atom. The largest absolute Gasteiger partial charge is 0.330 e. The van der Waals surface area contributed by atoms with Crippen LogP contribution >= 0.6 is 0 Å². The van der Waals surface area contributed by atoms with E-state index in [0.717, 1.165) is 25.3 Å². The van der Waals surface area contributed by atoms with Crippen molar-refractivity contribution in [2.45, 2.75) is 52.0 Å². The molecule has 2 nitrogen and oxygen atoms in total. The fourth-order valence-electron chi connectivity index (χ4n) is 1.24. The van der Waals surface area contributed by atoms with Gasteiger partial charge in [0, 0.05) is 6.04 Å². The zero-order chi connectivity index (χ0) is 9.40. The summed E-state index contributed by atoms with van der Waals surface area (Å²) in [5.74, 6) is 0.783. The lowest BCUT2D eigenvalue weighted by Crippen LogP contribution is -2.20. The Morgan fingerprint density at radius 3 is 2.17 bits per heavy atom. The Hall–Kier alpha value is -0.0800. The molecule has 0 fully saturated rings. The van der Waals surface area contributed by atoms with E-state index in [4.69, 9.17) is 11.5 Å². The van der Waals surface area contributed by atoms with Crippen molar-refractivity contribution >= 4 is 0 Å². The second-order valence-corrected chi connectivity index (χ2v) is 4.02. The summed E-state index contributed by atoms with van der Waals surface area (Å²) in [4.78, 5) is 0. The van der Waals surface area contributed by atoms with Gasteiger partial charge in [-0.15, -0.1) is 0 Å². The maximum absolute atomic E-state index is 5.92. The van der Waals surface area contributed by atoms with Crippen molar-refractivity contribution in [3.63, 3.8) is 0 Å². The summed E-state index contributed by atoms with van der Waals surface area (Å²) in [6, 6.07) is 0.402. The van der Waals surface area contributed by atoms with Crippen LogP contribution < -0.4 is 11.5 Å². The molecule has 0 spiro atoms. The average molecular weight is 172 g/mol. The molecule has 0 saturated heterocycles. The predicted molar refractivity (Wildman–Crippen MR) is 55.0 cm³/mol. The molecule has 0 aliphatic heterocycles. The Balaban J connectivity index is 3.15. The SMILES string of the molecule is CC(C)CC[C@@H](N)CCCCN. The average Bonchev–Trinajstić information content (AvgIpc) is 2.01. The summed E-state index contributed by atoms with van der Waals surface area (Å²) in [7, 11) is 0. The quantitative estimate of drug-likeness (QED) is 0.576. The molecule has 0 bridgehead atoms. The zero-order valence-corrected chi connectivity index (χ0v) is 8.55. The molecule has 0 aromatic rings. The lowest BCUT2D eigenvalue weighted by atomic mass is 10.0. The van der Waals surface area contributed by atoms with E-state index in [2.05, 4.69) is 13.8 Å². The van der Waals surface area contributed by atoms with Gasteiger partial charge in [-0.1, -0.05) is 20.3 Å². The van der Waals surface area contributed by atoms with Gasteiger partial charge in [0.05, 0.1) is 0 Å². The zero-order valence-electron chi connectivity index (χ0n) is 8.55. The van der Waals surface area contributed by atoms with Gasteiger partial charge in [0.25, 0.3) is 0 Å². The fourth-order valence-corrected chi connectivity index (χ4v) is 1.24. The highest BCUT2D eigenvalue weighted by Crippen LogP contribution is 2.09. The molecule has 4 N–H and O–H groups in total. The molecule has 0 aliphatic rings.